The predicted molar refractivity (Wildman–Crippen MR) is 103 cm³/mol. The normalized spacial score (nSPS) is 20.0. The van der Waals surface area contributed by atoms with E-state index in [2.05, 4.69) is 27.3 Å². The van der Waals surface area contributed by atoms with Gasteiger partial charge >= 0.3 is 0 Å². The summed E-state index contributed by atoms with van der Waals surface area (Å²) in [6.45, 7) is 2.64. The van der Waals surface area contributed by atoms with E-state index in [9.17, 15) is 4.79 Å². The van der Waals surface area contributed by atoms with E-state index in [-0.39, 0.29) is 18.1 Å². The maximum absolute atomic E-state index is 11.4. The van der Waals surface area contributed by atoms with Crippen LogP contribution in [0.2, 0.25) is 0 Å². The molecule has 3 heterocycles. The summed E-state index contributed by atoms with van der Waals surface area (Å²) in [5, 5.41) is 11.7. The highest BCUT2D eigenvalue weighted by atomic mass is 16.6. The Morgan fingerprint density at radius 3 is 2.86 bits per heavy atom. The summed E-state index contributed by atoms with van der Waals surface area (Å²) in [4.78, 5) is 18.0. The fraction of sp³-hybridized carbons (Fsp3) is 0.429. The third-order valence-electron chi connectivity index (χ3n) is 5.27. The van der Waals surface area contributed by atoms with E-state index in [1.807, 2.05) is 24.3 Å². The first-order chi connectivity index (χ1) is 13.7. The van der Waals surface area contributed by atoms with Gasteiger partial charge in [-0.2, -0.15) is 0 Å². The quantitative estimate of drug-likeness (QED) is 0.817. The summed E-state index contributed by atoms with van der Waals surface area (Å²) in [6, 6.07) is 12.1. The summed E-state index contributed by atoms with van der Waals surface area (Å²) < 4.78 is 11.9. The number of carbonyl (C=O) groups excluding carboxylic acids is 1. The van der Waals surface area contributed by atoms with Crippen LogP contribution in [-0.2, 0) is 11.3 Å². The van der Waals surface area contributed by atoms with Gasteiger partial charge in [0.2, 0.25) is 5.91 Å². The number of carbonyl (C=O) groups is 1. The minimum atomic E-state index is -0.449. The number of aliphatic hydroxyl groups excluding tert-OH is 1. The Balaban J connectivity index is 1.40. The molecular weight excluding hydrogens is 358 g/mol. The molecule has 148 valence electrons. The molecule has 7 nitrogen and oxygen atoms in total. The van der Waals surface area contributed by atoms with Gasteiger partial charge < -0.3 is 19.9 Å². The molecule has 28 heavy (non-hydrogen) atoms. The van der Waals surface area contributed by atoms with Gasteiger partial charge in [-0.05, 0) is 30.5 Å². The average Bonchev–Trinajstić information content (AvgIpc) is 2.75. The van der Waals surface area contributed by atoms with Gasteiger partial charge in [0.25, 0.3) is 5.88 Å². The third-order valence-corrected chi connectivity index (χ3v) is 5.27. The van der Waals surface area contributed by atoms with Crippen LogP contribution in [0.1, 0.15) is 30.1 Å². The minimum absolute atomic E-state index is 0.142. The molecule has 7 heteroatoms. The Morgan fingerprint density at radius 2 is 2.04 bits per heavy atom. The lowest BCUT2D eigenvalue weighted by atomic mass is 9.99. The van der Waals surface area contributed by atoms with Crippen LogP contribution in [0.3, 0.4) is 0 Å². The number of piperidine rings is 1. The van der Waals surface area contributed by atoms with Crippen LogP contribution in [0, 0.1) is 0 Å². The second kappa shape index (κ2) is 8.58. The number of ether oxygens (including phenoxy) is 2. The Hall–Kier alpha value is -2.64. The van der Waals surface area contributed by atoms with Crippen molar-refractivity contribution in [2.45, 2.75) is 31.5 Å². The Kier molecular flexibility index (Phi) is 5.73. The third kappa shape index (κ3) is 4.26. The van der Waals surface area contributed by atoms with Gasteiger partial charge in [-0.15, -0.1) is 0 Å². The van der Waals surface area contributed by atoms with Crippen LogP contribution in [0.15, 0.2) is 42.6 Å². The van der Waals surface area contributed by atoms with Crippen molar-refractivity contribution >= 4 is 5.91 Å². The maximum Gasteiger partial charge on any atom is 0.257 e. The second-order valence-electron chi connectivity index (χ2n) is 7.20. The highest BCUT2D eigenvalue weighted by Gasteiger charge is 2.27. The summed E-state index contributed by atoms with van der Waals surface area (Å²) in [5.74, 6) is 0.921. The zero-order chi connectivity index (χ0) is 19.3. The van der Waals surface area contributed by atoms with E-state index in [1.54, 1.807) is 6.20 Å². The molecular formula is C21H25N3O4. The Morgan fingerprint density at radius 1 is 1.21 bits per heavy atom. The maximum atomic E-state index is 11.4. The number of hydrogen-bond acceptors (Lipinski definition) is 6. The van der Waals surface area contributed by atoms with Gasteiger partial charge in [0.15, 0.2) is 11.9 Å². The van der Waals surface area contributed by atoms with Crippen molar-refractivity contribution in [1.29, 1.82) is 0 Å². The van der Waals surface area contributed by atoms with Crippen LogP contribution in [-0.4, -0.2) is 53.2 Å². The zero-order valence-electron chi connectivity index (χ0n) is 15.7. The number of aromatic nitrogens is 1. The van der Waals surface area contributed by atoms with E-state index in [0.29, 0.717) is 18.2 Å². The van der Waals surface area contributed by atoms with Gasteiger partial charge in [-0.1, -0.05) is 24.3 Å². The first kappa shape index (κ1) is 18.7. The number of pyridine rings is 1. The van der Waals surface area contributed by atoms with Gasteiger partial charge in [-0.25, -0.2) is 4.98 Å². The molecule has 2 aliphatic heterocycles. The van der Waals surface area contributed by atoms with Gasteiger partial charge in [0.1, 0.15) is 13.2 Å². The Bertz CT molecular complexity index is 821. The summed E-state index contributed by atoms with van der Waals surface area (Å²) in [6.07, 6.45) is 3.29. The second-order valence-corrected chi connectivity index (χ2v) is 7.20. The number of nitrogens with zero attached hydrogens (tertiary/aromatic N) is 2. The fourth-order valence-electron chi connectivity index (χ4n) is 3.80. The van der Waals surface area contributed by atoms with Crippen LogP contribution in [0.4, 0.5) is 0 Å². The van der Waals surface area contributed by atoms with E-state index in [4.69, 9.17) is 14.6 Å². The first-order valence-electron chi connectivity index (χ1n) is 9.68. The number of likely N-dealkylation sites (tertiary alicyclic amines) is 1. The molecule has 0 radical (unpaired) electrons. The van der Waals surface area contributed by atoms with Crippen molar-refractivity contribution in [3.63, 3.8) is 0 Å². The van der Waals surface area contributed by atoms with Crippen molar-refractivity contribution in [2.75, 3.05) is 26.3 Å². The van der Waals surface area contributed by atoms with Crippen molar-refractivity contribution < 1.29 is 19.4 Å². The molecule has 2 aliphatic rings. The fourth-order valence-corrected chi connectivity index (χ4v) is 3.80. The number of nitrogens with one attached hydrogen (secondary N) is 1. The molecule has 1 amide bonds. The highest BCUT2D eigenvalue weighted by molar-refractivity contribution is 5.77. The molecule has 1 aromatic heterocycles. The van der Waals surface area contributed by atoms with Crippen LogP contribution >= 0.6 is 0 Å². The van der Waals surface area contributed by atoms with E-state index in [0.717, 1.165) is 38.0 Å². The van der Waals surface area contributed by atoms with Crippen LogP contribution in [0.25, 0.3) is 0 Å². The van der Waals surface area contributed by atoms with Crippen molar-refractivity contribution in [2.24, 2.45) is 0 Å². The molecule has 2 aromatic rings. The van der Waals surface area contributed by atoms with Crippen molar-refractivity contribution in [3.05, 3.63) is 53.7 Å². The number of hydrogen-bond donors (Lipinski definition) is 2. The lowest BCUT2D eigenvalue weighted by Crippen LogP contribution is -2.45. The van der Waals surface area contributed by atoms with Crippen molar-refractivity contribution in [1.82, 2.24) is 15.2 Å². The van der Waals surface area contributed by atoms with Gasteiger partial charge in [0, 0.05) is 37.4 Å². The molecule has 0 spiro atoms. The molecule has 1 fully saturated rings. The number of rotatable bonds is 5. The van der Waals surface area contributed by atoms with E-state index in [1.165, 1.54) is 5.56 Å². The highest BCUT2D eigenvalue weighted by Crippen LogP contribution is 2.35. The molecule has 1 atom stereocenters. The standard InChI is InChI=1S/C21H25N3O4/c25-13-20(26)23-16-7-10-24(11-8-16)12-15-4-1-2-5-17(15)19-14-27-18-6-3-9-22-21(18)28-19/h1-6,9,16,19,25H,7-8,10-14H2,(H,23,26)/t19-/m1/s1. The van der Waals surface area contributed by atoms with E-state index >= 15 is 0 Å². The van der Waals surface area contributed by atoms with Crippen LogP contribution in [0.5, 0.6) is 11.6 Å². The molecule has 4 rings (SSSR count). The van der Waals surface area contributed by atoms with Crippen LogP contribution < -0.4 is 14.8 Å². The van der Waals surface area contributed by atoms with Gasteiger partial charge in [-0.3, -0.25) is 9.69 Å². The summed E-state index contributed by atoms with van der Waals surface area (Å²) in [5.41, 5.74) is 2.34. The average molecular weight is 383 g/mol. The Labute approximate surface area is 164 Å². The largest absolute Gasteiger partial charge is 0.484 e. The van der Waals surface area contributed by atoms with Gasteiger partial charge in [0.05, 0.1) is 0 Å². The molecule has 2 N–H and O–H groups in total. The smallest absolute Gasteiger partial charge is 0.257 e. The monoisotopic (exact) mass is 383 g/mol. The number of amides is 1. The lowest BCUT2D eigenvalue weighted by Gasteiger charge is -2.33. The molecule has 0 bridgehead atoms. The molecule has 0 unspecified atom stereocenters. The molecule has 0 aliphatic carbocycles. The molecule has 1 aromatic carbocycles. The number of fused-ring (bicyclic) bond motifs is 1. The first-order valence-corrected chi connectivity index (χ1v) is 9.68. The topological polar surface area (TPSA) is 83.9 Å². The number of benzene rings is 1. The van der Waals surface area contributed by atoms with E-state index < -0.39 is 6.61 Å². The lowest BCUT2D eigenvalue weighted by molar-refractivity contribution is -0.124. The predicted octanol–water partition coefficient (Wildman–Crippen LogP) is 1.67. The molecule has 0 saturated carbocycles. The SMILES string of the molecule is O=C(CO)NC1CCN(Cc2ccccc2[C@H]2COc3cccnc3O2)CC1. The van der Waals surface area contributed by atoms with Crippen molar-refractivity contribution in [3.8, 4) is 11.6 Å². The molecule has 1 saturated heterocycles. The summed E-state index contributed by atoms with van der Waals surface area (Å²) in [7, 11) is 0. The summed E-state index contributed by atoms with van der Waals surface area (Å²) >= 11 is 0. The zero-order valence-corrected chi connectivity index (χ0v) is 15.7. The minimum Gasteiger partial charge on any atom is -0.484 e. The number of aliphatic hydroxyl groups is 1.